The predicted molar refractivity (Wildman–Crippen MR) is 102 cm³/mol. The first-order chi connectivity index (χ1) is 12.8. The van der Waals surface area contributed by atoms with Crippen molar-refractivity contribution in [3.05, 3.63) is 58.3 Å². The molecule has 0 bridgehead atoms. The van der Waals surface area contributed by atoms with Gasteiger partial charge in [0.1, 0.15) is 0 Å². The minimum absolute atomic E-state index is 0.153. The van der Waals surface area contributed by atoms with Crippen LogP contribution >= 0.6 is 0 Å². The van der Waals surface area contributed by atoms with Gasteiger partial charge in [0, 0.05) is 43.5 Å². The smallest absolute Gasteiger partial charge is 0.253 e. The van der Waals surface area contributed by atoms with E-state index in [9.17, 15) is 18.0 Å². The second kappa shape index (κ2) is 8.92. The maximum atomic E-state index is 12.4. The van der Waals surface area contributed by atoms with Crippen molar-refractivity contribution < 1.29 is 13.2 Å². The third-order valence-electron chi connectivity index (χ3n) is 4.11. The molecule has 0 saturated heterocycles. The van der Waals surface area contributed by atoms with Gasteiger partial charge in [0.25, 0.3) is 11.5 Å². The maximum Gasteiger partial charge on any atom is 0.253 e. The third kappa shape index (κ3) is 5.01. The van der Waals surface area contributed by atoms with Crippen LogP contribution in [0.3, 0.4) is 0 Å². The summed E-state index contributed by atoms with van der Waals surface area (Å²) in [6.45, 7) is 6.60. The van der Waals surface area contributed by atoms with Crippen LogP contribution in [0.5, 0.6) is 0 Å². The van der Waals surface area contributed by atoms with E-state index in [4.69, 9.17) is 0 Å². The fourth-order valence-corrected chi connectivity index (χ4v) is 4.03. The van der Waals surface area contributed by atoms with E-state index < -0.39 is 10.0 Å². The molecule has 0 aliphatic heterocycles. The van der Waals surface area contributed by atoms with Crippen molar-refractivity contribution in [2.75, 3.05) is 19.6 Å². The zero-order valence-corrected chi connectivity index (χ0v) is 16.5. The summed E-state index contributed by atoms with van der Waals surface area (Å²) in [5.74, 6) is -0.338. The molecule has 9 heteroatoms. The quantitative estimate of drug-likeness (QED) is 0.723. The van der Waals surface area contributed by atoms with Crippen LogP contribution < -0.4 is 10.9 Å². The summed E-state index contributed by atoms with van der Waals surface area (Å²) in [6, 6.07) is 7.24. The van der Waals surface area contributed by atoms with Crippen molar-refractivity contribution in [3.63, 3.8) is 0 Å². The number of carbonyl (C=O) groups excluding carboxylic acids is 1. The average Bonchev–Trinajstić information content (AvgIpc) is 2.64. The molecule has 0 aliphatic rings. The Morgan fingerprint density at radius 1 is 1.19 bits per heavy atom. The first-order valence-electron chi connectivity index (χ1n) is 8.71. The Bertz CT molecular complexity index is 948. The highest BCUT2D eigenvalue weighted by molar-refractivity contribution is 7.89. The monoisotopic (exact) mass is 392 g/mol. The fourth-order valence-electron chi connectivity index (χ4n) is 2.57. The molecule has 146 valence electrons. The number of hydrogen-bond donors (Lipinski definition) is 1. The number of benzene rings is 1. The lowest BCUT2D eigenvalue weighted by Crippen LogP contribution is -2.31. The highest BCUT2D eigenvalue weighted by atomic mass is 32.2. The van der Waals surface area contributed by atoms with Crippen molar-refractivity contribution in [3.8, 4) is 0 Å². The number of nitrogens with zero attached hydrogens (tertiary/aromatic N) is 3. The summed E-state index contributed by atoms with van der Waals surface area (Å²) < 4.78 is 27.7. The molecular formula is C18H24N4O4S. The zero-order chi connectivity index (χ0) is 20.0. The van der Waals surface area contributed by atoms with Gasteiger partial charge < -0.3 is 5.32 Å². The minimum Gasteiger partial charge on any atom is -0.350 e. The van der Waals surface area contributed by atoms with Crippen LogP contribution in [0, 0.1) is 6.92 Å². The molecule has 2 rings (SSSR count). The Labute approximate surface area is 158 Å². The van der Waals surface area contributed by atoms with Crippen molar-refractivity contribution in [1.82, 2.24) is 19.2 Å². The van der Waals surface area contributed by atoms with Gasteiger partial charge in [-0.2, -0.15) is 4.31 Å². The maximum absolute atomic E-state index is 12.4. The van der Waals surface area contributed by atoms with Gasteiger partial charge >= 0.3 is 0 Å². The van der Waals surface area contributed by atoms with E-state index in [2.05, 4.69) is 10.3 Å². The summed E-state index contributed by atoms with van der Waals surface area (Å²) in [5.41, 5.74) is 0.811. The largest absolute Gasteiger partial charge is 0.350 e. The SMILES string of the molecule is CCN(CC)S(=O)(=O)c1ccc(C(=O)NCCn2cnc(C)cc2=O)cc1. The van der Waals surface area contributed by atoms with Crippen molar-refractivity contribution in [2.45, 2.75) is 32.2 Å². The number of aryl methyl sites for hydroxylation is 1. The molecule has 0 radical (unpaired) electrons. The second-order valence-electron chi connectivity index (χ2n) is 5.93. The van der Waals surface area contributed by atoms with Gasteiger partial charge in [-0.25, -0.2) is 13.4 Å². The Hall–Kier alpha value is -2.52. The molecule has 0 fully saturated rings. The van der Waals surface area contributed by atoms with Gasteiger partial charge in [0.15, 0.2) is 0 Å². The van der Waals surface area contributed by atoms with Crippen LogP contribution in [0.1, 0.15) is 29.9 Å². The molecule has 0 atom stereocenters. The molecule has 1 amide bonds. The molecule has 0 spiro atoms. The Balaban J connectivity index is 2.00. The summed E-state index contributed by atoms with van der Waals surface area (Å²) >= 11 is 0. The van der Waals surface area contributed by atoms with Crippen molar-refractivity contribution >= 4 is 15.9 Å². The Kier molecular flexibility index (Phi) is 6.86. The van der Waals surface area contributed by atoms with E-state index in [-0.39, 0.29) is 22.9 Å². The number of carbonyl (C=O) groups is 1. The minimum atomic E-state index is -3.55. The van der Waals surface area contributed by atoms with Gasteiger partial charge in [0.05, 0.1) is 11.2 Å². The summed E-state index contributed by atoms with van der Waals surface area (Å²) in [6.07, 6.45) is 1.44. The average molecular weight is 392 g/mol. The fraction of sp³-hybridized carbons (Fsp3) is 0.389. The van der Waals surface area contributed by atoms with Gasteiger partial charge in [-0.3, -0.25) is 14.2 Å². The van der Waals surface area contributed by atoms with Crippen LogP contribution in [-0.4, -0.2) is 47.8 Å². The molecule has 1 heterocycles. The summed E-state index contributed by atoms with van der Waals surface area (Å²) in [4.78, 5) is 28.2. The summed E-state index contributed by atoms with van der Waals surface area (Å²) in [5, 5.41) is 2.71. The van der Waals surface area contributed by atoms with Crippen molar-refractivity contribution in [2.24, 2.45) is 0 Å². The number of hydrogen-bond acceptors (Lipinski definition) is 5. The highest BCUT2D eigenvalue weighted by Gasteiger charge is 2.21. The standard InChI is InChI=1S/C18H24N4O4S/c1-4-22(5-2)27(25,26)16-8-6-15(7-9-16)18(24)19-10-11-21-13-20-14(3)12-17(21)23/h6-9,12-13H,4-5,10-11H2,1-3H3,(H,19,24). The molecule has 2 aromatic rings. The molecule has 0 saturated carbocycles. The van der Waals surface area contributed by atoms with Gasteiger partial charge in [-0.05, 0) is 31.2 Å². The van der Waals surface area contributed by atoms with Crippen LogP contribution in [0.25, 0.3) is 0 Å². The Morgan fingerprint density at radius 3 is 2.37 bits per heavy atom. The molecular weight excluding hydrogens is 368 g/mol. The van der Waals surface area contributed by atoms with E-state index in [0.29, 0.717) is 30.9 Å². The zero-order valence-electron chi connectivity index (χ0n) is 15.7. The molecule has 27 heavy (non-hydrogen) atoms. The molecule has 0 aliphatic carbocycles. The highest BCUT2D eigenvalue weighted by Crippen LogP contribution is 2.16. The predicted octanol–water partition coefficient (Wildman–Crippen LogP) is 1.01. The molecule has 1 N–H and O–H groups in total. The van der Waals surface area contributed by atoms with E-state index in [0.717, 1.165) is 0 Å². The topological polar surface area (TPSA) is 101 Å². The van der Waals surface area contributed by atoms with E-state index in [1.807, 2.05) is 0 Å². The first-order valence-corrected chi connectivity index (χ1v) is 10.1. The molecule has 1 aromatic heterocycles. The van der Waals surface area contributed by atoms with Gasteiger partial charge in [0.2, 0.25) is 10.0 Å². The summed E-state index contributed by atoms with van der Waals surface area (Å²) in [7, 11) is -3.55. The van der Waals surface area contributed by atoms with Gasteiger partial charge in [-0.1, -0.05) is 13.8 Å². The number of rotatable bonds is 8. The lowest BCUT2D eigenvalue weighted by Gasteiger charge is -2.18. The van der Waals surface area contributed by atoms with Crippen LogP contribution in [0.15, 0.2) is 46.3 Å². The van der Waals surface area contributed by atoms with E-state index >= 15 is 0 Å². The first kappa shape index (κ1) is 20.8. The number of nitrogens with one attached hydrogen (secondary N) is 1. The van der Waals surface area contributed by atoms with E-state index in [1.54, 1.807) is 20.8 Å². The normalized spacial score (nSPS) is 11.6. The van der Waals surface area contributed by atoms with Crippen LogP contribution in [0.4, 0.5) is 0 Å². The number of amides is 1. The molecule has 8 nitrogen and oxygen atoms in total. The Morgan fingerprint density at radius 2 is 1.81 bits per heavy atom. The lowest BCUT2D eigenvalue weighted by atomic mass is 10.2. The lowest BCUT2D eigenvalue weighted by molar-refractivity contribution is 0.0952. The number of aromatic nitrogens is 2. The van der Waals surface area contributed by atoms with Crippen LogP contribution in [0.2, 0.25) is 0 Å². The third-order valence-corrected chi connectivity index (χ3v) is 6.18. The second-order valence-corrected chi connectivity index (χ2v) is 7.87. The van der Waals surface area contributed by atoms with Gasteiger partial charge in [-0.15, -0.1) is 0 Å². The van der Waals surface area contributed by atoms with E-state index in [1.165, 1.54) is 45.5 Å². The molecule has 1 aromatic carbocycles. The number of sulfonamides is 1. The van der Waals surface area contributed by atoms with Crippen LogP contribution in [-0.2, 0) is 16.6 Å². The molecule has 0 unspecified atom stereocenters. The van der Waals surface area contributed by atoms with Crippen molar-refractivity contribution in [1.29, 1.82) is 0 Å².